The van der Waals surface area contributed by atoms with Crippen molar-refractivity contribution in [2.45, 2.75) is 45.6 Å². The summed E-state index contributed by atoms with van der Waals surface area (Å²) in [5, 5.41) is 9.11. The lowest BCUT2D eigenvalue weighted by Crippen LogP contribution is -2.40. The van der Waals surface area contributed by atoms with Crippen molar-refractivity contribution in [3.63, 3.8) is 0 Å². The highest BCUT2D eigenvalue weighted by molar-refractivity contribution is 14.0. The summed E-state index contributed by atoms with van der Waals surface area (Å²) in [7, 11) is 0. The number of likely N-dealkylation sites (tertiary alicyclic amines) is 1. The number of aliphatic imine (C=N–C) groups is 1. The van der Waals surface area contributed by atoms with Crippen molar-refractivity contribution >= 4 is 41.8 Å². The third kappa shape index (κ3) is 9.43. The van der Waals surface area contributed by atoms with Gasteiger partial charge in [0.15, 0.2) is 5.96 Å². The number of amides is 2. The van der Waals surface area contributed by atoms with Gasteiger partial charge in [-0.15, -0.1) is 24.0 Å². The van der Waals surface area contributed by atoms with E-state index < -0.39 is 0 Å². The number of furan rings is 1. The standard InChI is InChI=1S/C19H31N5O3.HI/c1-2-20-19(23-15-17(25)22-14-16-8-6-13-27-16)21-10-7-12-24-11-5-3-4-9-18(24)26;/h6,8,13H,2-5,7,9-12,14-15H2,1H3,(H,22,25)(H2,20,21,23);1H. The lowest BCUT2D eigenvalue weighted by atomic mass is 10.2. The number of carbonyl (C=O) groups is 2. The molecule has 2 amide bonds. The number of nitrogens with one attached hydrogen (secondary N) is 3. The van der Waals surface area contributed by atoms with Crippen molar-refractivity contribution in [2.75, 3.05) is 32.7 Å². The second-order valence-corrected chi connectivity index (χ2v) is 6.52. The van der Waals surface area contributed by atoms with Crippen molar-refractivity contribution in [2.24, 2.45) is 4.99 Å². The van der Waals surface area contributed by atoms with Crippen LogP contribution in [0.1, 0.15) is 44.8 Å². The Kier molecular flexibility index (Phi) is 12.3. The van der Waals surface area contributed by atoms with Gasteiger partial charge in [-0.3, -0.25) is 9.59 Å². The molecule has 0 radical (unpaired) electrons. The van der Waals surface area contributed by atoms with E-state index >= 15 is 0 Å². The maximum absolute atomic E-state index is 12.0. The van der Waals surface area contributed by atoms with Crippen LogP contribution in [0.15, 0.2) is 27.8 Å². The monoisotopic (exact) mass is 505 g/mol. The largest absolute Gasteiger partial charge is 0.467 e. The van der Waals surface area contributed by atoms with Crippen LogP contribution in [-0.4, -0.2) is 55.4 Å². The van der Waals surface area contributed by atoms with Crippen LogP contribution in [0.2, 0.25) is 0 Å². The van der Waals surface area contributed by atoms with Crippen LogP contribution in [0.25, 0.3) is 0 Å². The molecule has 1 aliphatic heterocycles. The van der Waals surface area contributed by atoms with Gasteiger partial charge in [-0.1, -0.05) is 6.42 Å². The fourth-order valence-electron chi connectivity index (χ4n) is 2.90. The van der Waals surface area contributed by atoms with Gasteiger partial charge in [-0.25, -0.2) is 4.99 Å². The first kappa shape index (κ1) is 24.3. The Labute approximate surface area is 183 Å². The molecule has 28 heavy (non-hydrogen) atoms. The minimum Gasteiger partial charge on any atom is -0.467 e. The molecule has 0 bridgehead atoms. The van der Waals surface area contributed by atoms with Crippen LogP contribution in [0.3, 0.4) is 0 Å². The zero-order chi connectivity index (χ0) is 19.3. The molecule has 0 unspecified atom stereocenters. The van der Waals surface area contributed by atoms with E-state index in [9.17, 15) is 9.59 Å². The first-order chi connectivity index (χ1) is 13.2. The summed E-state index contributed by atoms with van der Waals surface area (Å²) in [6.45, 7) is 5.41. The molecule has 1 aliphatic rings. The van der Waals surface area contributed by atoms with E-state index in [0.717, 1.165) is 38.8 Å². The molecule has 158 valence electrons. The minimum absolute atomic E-state index is 0. The minimum atomic E-state index is -0.168. The molecule has 2 rings (SSSR count). The second kappa shape index (κ2) is 14.3. The highest BCUT2D eigenvalue weighted by atomic mass is 127. The number of hydrogen-bond donors (Lipinski definition) is 3. The highest BCUT2D eigenvalue weighted by Gasteiger charge is 2.15. The molecule has 0 spiro atoms. The number of rotatable bonds is 9. The molecule has 0 aromatic carbocycles. The molecule has 1 aromatic heterocycles. The maximum atomic E-state index is 12.0. The lowest BCUT2D eigenvalue weighted by molar-refractivity contribution is -0.130. The van der Waals surface area contributed by atoms with Crippen LogP contribution in [0.5, 0.6) is 0 Å². The number of halogens is 1. The Morgan fingerprint density at radius 1 is 1.25 bits per heavy atom. The fraction of sp³-hybridized carbons (Fsp3) is 0.632. The molecule has 8 nitrogen and oxygen atoms in total. The Bertz CT molecular complexity index is 607. The predicted octanol–water partition coefficient (Wildman–Crippen LogP) is 1.86. The molecule has 2 heterocycles. The summed E-state index contributed by atoms with van der Waals surface area (Å²) in [6.07, 6.45) is 6.33. The van der Waals surface area contributed by atoms with E-state index in [2.05, 4.69) is 20.9 Å². The highest BCUT2D eigenvalue weighted by Crippen LogP contribution is 2.11. The molecule has 1 aromatic rings. The Morgan fingerprint density at radius 3 is 2.86 bits per heavy atom. The lowest BCUT2D eigenvalue weighted by Gasteiger charge is -2.20. The third-order valence-electron chi connectivity index (χ3n) is 4.33. The van der Waals surface area contributed by atoms with Crippen molar-refractivity contribution in [1.82, 2.24) is 20.9 Å². The zero-order valence-electron chi connectivity index (χ0n) is 16.5. The molecule has 0 aliphatic carbocycles. The number of nitrogens with zero attached hydrogens (tertiary/aromatic N) is 2. The summed E-state index contributed by atoms with van der Waals surface area (Å²) in [5.74, 6) is 1.41. The maximum Gasteiger partial charge on any atom is 0.242 e. The van der Waals surface area contributed by atoms with E-state index in [1.54, 1.807) is 12.3 Å². The van der Waals surface area contributed by atoms with Gasteiger partial charge in [0.1, 0.15) is 12.3 Å². The van der Waals surface area contributed by atoms with E-state index in [-0.39, 0.29) is 42.3 Å². The Morgan fingerprint density at radius 2 is 2.11 bits per heavy atom. The van der Waals surface area contributed by atoms with Gasteiger partial charge in [0, 0.05) is 32.6 Å². The topological polar surface area (TPSA) is 99.0 Å². The molecule has 0 atom stereocenters. The number of carbonyl (C=O) groups excluding carboxylic acids is 2. The quantitative estimate of drug-likeness (QED) is 0.206. The number of guanidine groups is 1. The van der Waals surface area contributed by atoms with Crippen molar-refractivity contribution in [3.8, 4) is 0 Å². The van der Waals surface area contributed by atoms with Gasteiger partial charge in [0.25, 0.3) is 0 Å². The summed E-state index contributed by atoms with van der Waals surface area (Å²) in [4.78, 5) is 30.1. The predicted molar refractivity (Wildman–Crippen MR) is 120 cm³/mol. The molecule has 3 N–H and O–H groups in total. The molecular formula is C19H32IN5O3. The second-order valence-electron chi connectivity index (χ2n) is 6.52. The average molecular weight is 505 g/mol. The van der Waals surface area contributed by atoms with Gasteiger partial charge in [-0.05, 0) is 38.3 Å². The molecular weight excluding hydrogens is 473 g/mol. The van der Waals surface area contributed by atoms with Crippen molar-refractivity contribution < 1.29 is 14.0 Å². The van der Waals surface area contributed by atoms with Crippen LogP contribution in [-0.2, 0) is 16.1 Å². The normalized spacial score (nSPS) is 14.8. The van der Waals surface area contributed by atoms with Gasteiger partial charge in [0.05, 0.1) is 12.8 Å². The first-order valence-corrected chi connectivity index (χ1v) is 9.78. The van der Waals surface area contributed by atoms with Gasteiger partial charge < -0.3 is 25.3 Å². The summed E-state index contributed by atoms with van der Waals surface area (Å²) in [5.41, 5.74) is 0. The van der Waals surface area contributed by atoms with Crippen LogP contribution >= 0.6 is 24.0 Å². The van der Waals surface area contributed by atoms with E-state index in [4.69, 9.17) is 4.42 Å². The van der Waals surface area contributed by atoms with Gasteiger partial charge in [-0.2, -0.15) is 0 Å². The van der Waals surface area contributed by atoms with Crippen molar-refractivity contribution in [3.05, 3.63) is 24.2 Å². The smallest absolute Gasteiger partial charge is 0.242 e. The van der Waals surface area contributed by atoms with Crippen LogP contribution < -0.4 is 16.0 Å². The van der Waals surface area contributed by atoms with E-state index in [1.807, 2.05) is 17.9 Å². The summed E-state index contributed by atoms with van der Waals surface area (Å²) >= 11 is 0. The molecule has 1 fully saturated rings. The van der Waals surface area contributed by atoms with Crippen molar-refractivity contribution in [1.29, 1.82) is 0 Å². The molecule has 0 saturated carbocycles. The number of hydrogen-bond acceptors (Lipinski definition) is 4. The van der Waals surface area contributed by atoms with E-state index in [0.29, 0.717) is 37.8 Å². The average Bonchev–Trinajstić information content (AvgIpc) is 3.10. The summed E-state index contributed by atoms with van der Waals surface area (Å²) in [6, 6.07) is 3.59. The SMILES string of the molecule is CCNC(=NCC(=O)NCc1ccco1)NCCCN1CCCCCC1=O.I. The first-order valence-electron chi connectivity index (χ1n) is 9.78. The third-order valence-corrected chi connectivity index (χ3v) is 4.33. The van der Waals surface area contributed by atoms with Gasteiger partial charge >= 0.3 is 0 Å². The van der Waals surface area contributed by atoms with E-state index in [1.165, 1.54) is 0 Å². The van der Waals surface area contributed by atoms with Crippen LogP contribution in [0, 0.1) is 0 Å². The molecule has 1 saturated heterocycles. The Hall–Kier alpha value is -1.78. The summed E-state index contributed by atoms with van der Waals surface area (Å²) < 4.78 is 5.18. The van der Waals surface area contributed by atoms with Gasteiger partial charge in [0.2, 0.25) is 11.8 Å². The Balaban J connectivity index is 0.00000392. The molecule has 9 heteroatoms. The zero-order valence-corrected chi connectivity index (χ0v) is 18.9. The fourth-order valence-corrected chi connectivity index (χ4v) is 2.90. The van der Waals surface area contributed by atoms with Crippen LogP contribution in [0.4, 0.5) is 0 Å².